The molecule has 1 saturated heterocycles. The summed E-state index contributed by atoms with van der Waals surface area (Å²) in [5, 5.41) is 5.19. The quantitative estimate of drug-likeness (QED) is 0.498. The Morgan fingerprint density at radius 2 is 2.20 bits per heavy atom. The fourth-order valence-corrected chi connectivity index (χ4v) is 5.21. The smallest absolute Gasteiger partial charge is 0.224 e. The van der Waals surface area contributed by atoms with Gasteiger partial charge in [-0.2, -0.15) is 0 Å². The standard InChI is InChI=1S/C23H23FN4OS/c24-17-7-8-20-21(12-17)30-23(27-20)28-11-3-4-16(14-28)22(29)25-10-9-15-13-26-19-6-2-1-5-18(15)19/h1-2,5-8,12-13,16,26H,3-4,9-11,14H2,(H,25,29). The summed E-state index contributed by atoms with van der Waals surface area (Å²) in [7, 11) is 0. The van der Waals surface area contributed by atoms with Gasteiger partial charge in [0, 0.05) is 36.7 Å². The van der Waals surface area contributed by atoms with Gasteiger partial charge in [-0.1, -0.05) is 29.5 Å². The molecule has 1 aliphatic rings. The number of halogens is 1. The first-order valence-electron chi connectivity index (χ1n) is 10.3. The molecule has 0 radical (unpaired) electrons. The van der Waals surface area contributed by atoms with Crippen molar-refractivity contribution in [1.82, 2.24) is 15.3 Å². The lowest BCUT2D eigenvalue weighted by molar-refractivity contribution is -0.125. The van der Waals surface area contributed by atoms with Crippen molar-refractivity contribution in [3.05, 3.63) is 60.0 Å². The van der Waals surface area contributed by atoms with Crippen LogP contribution in [0.3, 0.4) is 0 Å². The average molecular weight is 423 g/mol. The molecule has 1 fully saturated rings. The van der Waals surface area contributed by atoms with Crippen molar-refractivity contribution in [2.24, 2.45) is 5.92 Å². The molecule has 30 heavy (non-hydrogen) atoms. The predicted molar refractivity (Wildman–Crippen MR) is 120 cm³/mol. The Balaban J connectivity index is 1.20. The third kappa shape index (κ3) is 3.77. The molecule has 1 amide bonds. The third-order valence-corrected chi connectivity index (χ3v) is 6.85. The highest BCUT2D eigenvalue weighted by molar-refractivity contribution is 7.22. The highest BCUT2D eigenvalue weighted by atomic mass is 32.1. The van der Waals surface area contributed by atoms with Crippen LogP contribution in [0.5, 0.6) is 0 Å². The summed E-state index contributed by atoms with van der Waals surface area (Å²) in [6.07, 6.45) is 4.66. The van der Waals surface area contributed by atoms with Gasteiger partial charge in [0.25, 0.3) is 0 Å². The molecule has 2 aromatic carbocycles. The molecule has 0 bridgehead atoms. The number of carbonyl (C=O) groups is 1. The number of para-hydroxylation sites is 1. The van der Waals surface area contributed by atoms with E-state index in [1.54, 1.807) is 6.07 Å². The summed E-state index contributed by atoms with van der Waals surface area (Å²) in [5.74, 6) is -0.194. The number of thiazole rings is 1. The number of anilines is 1. The molecule has 2 aromatic heterocycles. The predicted octanol–water partition coefficient (Wildman–Crippen LogP) is 4.49. The number of carbonyl (C=O) groups excluding carboxylic acids is 1. The molecule has 5 nitrogen and oxygen atoms in total. The Labute approximate surface area is 177 Å². The first-order valence-corrected chi connectivity index (χ1v) is 11.1. The fraction of sp³-hybridized carbons (Fsp3) is 0.304. The van der Waals surface area contributed by atoms with Crippen LogP contribution in [0.4, 0.5) is 9.52 Å². The number of nitrogens with one attached hydrogen (secondary N) is 2. The molecular formula is C23H23FN4OS. The number of rotatable bonds is 5. The third-order valence-electron chi connectivity index (χ3n) is 5.77. The lowest BCUT2D eigenvalue weighted by Crippen LogP contribution is -2.43. The van der Waals surface area contributed by atoms with E-state index in [2.05, 4.69) is 32.3 Å². The number of fused-ring (bicyclic) bond motifs is 2. The van der Waals surface area contributed by atoms with Gasteiger partial charge >= 0.3 is 0 Å². The highest BCUT2D eigenvalue weighted by Gasteiger charge is 2.27. The van der Waals surface area contributed by atoms with Gasteiger partial charge in [-0.15, -0.1) is 0 Å². The summed E-state index contributed by atoms with van der Waals surface area (Å²) in [6.45, 7) is 2.15. The number of piperidine rings is 1. The zero-order valence-corrected chi connectivity index (χ0v) is 17.3. The number of aromatic nitrogens is 2. The van der Waals surface area contributed by atoms with E-state index in [-0.39, 0.29) is 17.6 Å². The molecule has 7 heteroatoms. The van der Waals surface area contributed by atoms with Crippen molar-refractivity contribution in [2.45, 2.75) is 19.3 Å². The number of hydrogen-bond donors (Lipinski definition) is 2. The Bertz CT molecular complexity index is 1200. The SMILES string of the molecule is O=C(NCCc1c[nH]c2ccccc12)C1CCCN(c2nc3ccc(F)cc3s2)C1. The van der Waals surface area contributed by atoms with Gasteiger partial charge in [0.15, 0.2) is 5.13 Å². The van der Waals surface area contributed by atoms with Gasteiger partial charge in [-0.25, -0.2) is 9.37 Å². The van der Waals surface area contributed by atoms with E-state index in [4.69, 9.17) is 0 Å². The van der Waals surface area contributed by atoms with Crippen LogP contribution in [0.25, 0.3) is 21.1 Å². The minimum Gasteiger partial charge on any atom is -0.361 e. The van der Waals surface area contributed by atoms with Gasteiger partial charge in [0.1, 0.15) is 5.82 Å². The molecule has 1 aliphatic heterocycles. The number of aromatic amines is 1. The Morgan fingerprint density at radius 1 is 1.30 bits per heavy atom. The summed E-state index contributed by atoms with van der Waals surface area (Å²) >= 11 is 1.49. The van der Waals surface area contributed by atoms with Gasteiger partial charge < -0.3 is 15.2 Å². The monoisotopic (exact) mass is 422 g/mol. The van der Waals surface area contributed by atoms with Gasteiger partial charge in [0.05, 0.1) is 16.1 Å². The highest BCUT2D eigenvalue weighted by Crippen LogP contribution is 2.32. The summed E-state index contributed by atoms with van der Waals surface area (Å²) < 4.78 is 14.3. The Hall–Kier alpha value is -2.93. The lowest BCUT2D eigenvalue weighted by Gasteiger charge is -2.31. The van der Waals surface area contributed by atoms with Crippen LogP contribution in [0, 0.1) is 11.7 Å². The van der Waals surface area contributed by atoms with Crippen molar-refractivity contribution in [3.63, 3.8) is 0 Å². The zero-order chi connectivity index (χ0) is 20.5. The number of benzene rings is 2. The molecule has 5 rings (SSSR count). The normalized spacial score (nSPS) is 17.0. The topological polar surface area (TPSA) is 61.0 Å². The second-order valence-electron chi connectivity index (χ2n) is 7.79. The van der Waals surface area contributed by atoms with Crippen LogP contribution in [0.2, 0.25) is 0 Å². The average Bonchev–Trinajstić information content (AvgIpc) is 3.38. The second-order valence-corrected chi connectivity index (χ2v) is 8.80. The zero-order valence-electron chi connectivity index (χ0n) is 16.5. The molecule has 0 saturated carbocycles. The molecule has 0 spiro atoms. The molecule has 3 heterocycles. The maximum Gasteiger partial charge on any atom is 0.224 e. The Morgan fingerprint density at radius 3 is 3.13 bits per heavy atom. The van der Waals surface area contributed by atoms with E-state index in [0.717, 1.165) is 46.7 Å². The molecular weight excluding hydrogens is 399 g/mol. The van der Waals surface area contributed by atoms with Crippen LogP contribution >= 0.6 is 11.3 Å². The summed E-state index contributed by atoms with van der Waals surface area (Å²) in [4.78, 5) is 22.9. The van der Waals surface area contributed by atoms with Crippen molar-refractivity contribution in [3.8, 4) is 0 Å². The fourth-order valence-electron chi connectivity index (χ4n) is 4.19. The van der Waals surface area contributed by atoms with Crippen LogP contribution in [-0.4, -0.2) is 35.5 Å². The van der Waals surface area contributed by atoms with Crippen LogP contribution < -0.4 is 10.2 Å². The van der Waals surface area contributed by atoms with Crippen LogP contribution in [0.15, 0.2) is 48.7 Å². The van der Waals surface area contributed by atoms with Crippen LogP contribution in [-0.2, 0) is 11.2 Å². The minimum absolute atomic E-state index is 0.0505. The molecule has 2 N–H and O–H groups in total. The molecule has 4 aromatic rings. The minimum atomic E-state index is -0.246. The van der Waals surface area contributed by atoms with Gasteiger partial charge in [-0.05, 0) is 49.1 Å². The molecule has 1 unspecified atom stereocenters. The van der Waals surface area contributed by atoms with E-state index in [9.17, 15) is 9.18 Å². The van der Waals surface area contributed by atoms with E-state index in [1.165, 1.54) is 34.4 Å². The molecule has 154 valence electrons. The first-order chi connectivity index (χ1) is 14.7. The van der Waals surface area contributed by atoms with Crippen molar-refractivity contribution < 1.29 is 9.18 Å². The number of hydrogen-bond acceptors (Lipinski definition) is 4. The van der Waals surface area contributed by atoms with E-state index >= 15 is 0 Å². The number of H-pyrrole nitrogens is 1. The Kier molecular flexibility index (Phi) is 5.12. The van der Waals surface area contributed by atoms with E-state index in [1.807, 2.05) is 18.3 Å². The van der Waals surface area contributed by atoms with Crippen molar-refractivity contribution >= 4 is 43.5 Å². The molecule has 1 atom stereocenters. The van der Waals surface area contributed by atoms with Crippen molar-refractivity contribution in [1.29, 1.82) is 0 Å². The number of amides is 1. The van der Waals surface area contributed by atoms with Crippen molar-refractivity contribution in [2.75, 3.05) is 24.5 Å². The second kappa shape index (κ2) is 8.07. The van der Waals surface area contributed by atoms with E-state index < -0.39 is 0 Å². The van der Waals surface area contributed by atoms with Crippen LogP contribution in [0.1, 0.15) is 18.4 Å². The maximum atomic E-state index is 13.5. The number of nitrogens with zero attached hydrogens (tertiary/aromatic N) is 2. The van der Waals surface area contributed by atoms with Gasteiger partial charge in [-0.3, -0.25) is 4.79 Å². The van der Waals surface area contributed by atoms with Gasteiger partial charge in [0.2, 0.25) is 5.91 Å². The summed E-state index contributed by atoms with van der Waals surface area (Å²) in [5.41, 5.74) is 3.15. The maximum absolute atomic E-state index is 13.5. The lowest BCUT2D eigenvalue weighted by atomic mass is 9.97. The largest absolute Gasteiger partial charge is 0.361 e. The molecule has 0 aliphatic carbocycles. The first kappa shape index (κ1) is 19.1. The van der Waals surface area contributed by atoms with E-state index in [0.29, 0.717) is 13.1 Å². The summed E-state index contributed by atoms with van der Waals surface area (Å²) in [6, 6.07) is 12.9.